The van der Waals surface area contributed by atoms with Crippen LogP contribution < -0.4 is 5.32 Å². The third kappa shape index (κ3) is 3.99. The van der Waals surface area contributed by atoms with Crippen LogP contribution in [0.25, 0.3) is 0 Å². The van der Waals surface area contributed by atoms with Crippen molar-refractivity contribution in [2.75, 3.05) is 29.9 Å². The lowest BCUT2D eigenvalue weighted by Crippen LogP contribution is -2.39. The van der Waals surface area contributed by atoms with Crippen molar-refractivity contribution in [1.82, 2.24) is 14.9 Å². The quantitative estimate of drug-likeness (QED) is 0.882. The molecule has 1 aromatic rings. The van der Waals surface area contributed by atoms with E-state index >= 15 is 0 Å². The second-order valence-electron chi connectivity index (χ2n) is 6.54. The molecule has 1 amide bonds. The van der Waals surface area contributed by atoms with Gasteiger partial charge in [0.15, 0.2) is 9.84 Å². The summed E-state index contributed by atoms with van der Waals surface area (Å²) in [6.07, 6.45) is 5.79. The number of sulfone groups is 1. The summed E-state index contributed by atoms with van der Waals surface area (Å²) in [5.41, 5.74) is 0.476. The number of carbonyl (C=O) groups excluding carboxylic acids is 1. The first kappa shape index (κ1) is 16.2. The SMILES string of the molecule is CC1CCCN(C(=O)c2cnc(NC3CCS(=O)(=O)C3)nc2)C1. The highest BCUT2D eigenvalue weighted by Gasteiger charge is 2.28. The third-order valence-corrected chi connectivity index (χ3v) is 6.18. The van der Waals surface area contributed by atoms with Crippen LogP contribution in [-0.4, -0.2) is 59.8 Å². The van der Waals surface area contributed by atoms with Gasteiger partial charge in [-0.2, -0.15) is 0 Å². The Morgan fingerprint density at radius 3 is 2.65 bits per heavy atom. The molecule has 0 aromatic carbocycles. The van der Waals surface area contributed by atoms with Gasteiger partial charge in [-0.05, 0) is 25.2 Å². The van der Waals surface area contributed by atoms with Crippen LogP contribution >= 0.6 is 0 Å². The first-order valence-corrected chi connectivity index (χ1v) is 9.83. The summed E-state index contributed by atoms with van der Waals surface area (Å²) in [5, 5.41) is 3.02. The van der Waals surface area contributed by atoms with Crippen LogP contribution in [-0.2, 0) is 9.84 Å². The largest absolute Gasteiger partial charge is 0.350 e. The summed E-state index contributed by atoms with van der Waals surface area (Å²) in [7, 11) is -2.94. The maximum Gasteiger partial charge on any atom is 0.257 e. The summed E-state index contributed by atoms with van der Waals surface area (Å²) >= 11 is 0. The fraction of sp³-hybridized carbons (Fsp3) is 0.667. The highest BCUT2D eigenvalue weighted by Crippen LogP contribution is 2.18. The number of piperidine rings is 1. The number of hydrogen-bond acceptors (Lipinski definition) is 6. The van der Waals surface area contributed by atoms with Crippen molar-refractivity contribution in [3.63, 3.8) is 0 Å². The van der Waals surface area contributed by atoms with E-state index in [1.54, 1.807) is 0 Å². The molecule has 2 atom stereocenters. The topological polar surface area (TPSA) is 92.3 Å². The van der Waals surface area contributed by atoms with Crippen molar-refractivity contribution >= 4 is 21.7 Å². The Labute approximate surface area is 136 Å². The molecule has 8 heteroatoms. The number of nitrogens with one attached hydrogen (secondary N) is 1. The van der Waals surface area contributed by atoms with E-state index in [4.69, 9.17) is 0 Å². The molecular formula is C15H22N4O3S. The van der Waals surface area contributed by atoms with Gasteiger partial charge in [0.25, 0.3) is 5.91 Å². The van der Waals surface area contributed by atoms with Crippen LogP contribution in [0.1, 0.15) is 36.5 Å². The molecule has 0 aliphatic carbocycles. The first-order valence-electron chi connectivity index (χ1n) is 8.01. The van der Waals surface area contributed by atoms with Gasteiger partial charge in [-0.15, -0.1) is 0 Å². The van der Waals surface area contributed by atoms with Gasteiger partial charge in [0, 0.05) is 31.5 Å². The maximum atomic E-state index is 12.4. The van der Waals surface area contributed by atoms with Crippen LogP contribution in [0.4, 0.5) is 5.95 Å². The average Bonchev–Trinajstić information content (AvgIpc) is 2.86. The van der Waals surface area contributed by atoms with E-state index in [0.717, 1.165) is 25.9 Å². The van der Waals surface area contributed by atoms with Crippen LogP contribution in [0.2, 0.25) is 0 Å². The summed E-state index contributed by atoms with van der Waals surface area (Å²) in [4.78, 5) is 22.6. The number of aromatic nitrogens is 2. The van der Waals surface area contributed by atoms with Gasteiger partial charge >= 0.3 is 0 Å². The average molecular weight is 338 g/mol. The molecule has 0 bridgehead atoms. The van der Waals surface area contributed by atoms with Crippen molar-refractivity contribution in [3.05, 3.63) is 18.0 Å². The lowest BCUT2D eigenvalue weighted by molar-refractivity contribution is 0.0682. The summed E-state index contributed by atoms with van der Waals surface area (Å²) < 4.78 is 22.9. The standard InChI is InChI=1S/C15H22N4O3S/c1-11-3-2-5-19(9-11)14(20)12-7-16-15(17-8-12)18-13-4-6-23(21,22)10-13/h7-8,11,13H,2-6,9-10H2,1H3,(H,16,17,18). The van der Waals surface area contributed by atoms with Gasteiger partial charge in [-0.25, -0.2) is 18.4 Å². The van der Waals surface area contributed by atoms with Crippen LogP contribution in [0, 0.1) is 5.92 Å². The molecule has 0 spiro atoms. The second kappa shape index (κ2) is 6.43. The van der Waals surface area contributed by atoms with Crippen LogP contribution in [0.3, 0.4) is 0 Å². The van der Waals surface area contributed by atoms with Gasteiger partial charge in [0.05, 0.1) is 17.1 Å². The molecule has 2 saturated heterocycles. The zero-order valence-electron chi connectivity index (χ0n) is 13.2. The molecule has 2 aliphatic rings. The van der Waals surface area contributed by atoms with Gasteiger partial charge in [-0.1, -0.05) is 6.92 Å². The van der Waals surface area contributed by atoms with Crippen molar-refractivity contribution in [2.45, 2.75) is 32.2 Å². The highest BCUT2D eigenvalue weighted by molar-refractivity contribution is 7.91. The molecule has 2 unspecified atom stereocenters. The Hall–Kier alpha value is -1.70. The molecule has 2 aliphatic heterocycles. The molecule has 126 valence electrons. The molecule has 7 nitrogen and oxygen atoms in total. The Kier molecular flexibility index (Phi) is 4.52. The van der Waals surface area contributed by atoms with E-state index in [2.05, 4.69) is 22.2 Å². The minimum atomic E-state index is -2.94. The van der Waals surface area contributed by atoms with E-state index in [9.17, 15) is 13.2 Å². The molecule has 3 heterocycles. The number of rotatable bonds is 3. The third-order valence-electron chi connectivity index (χ3n) is 4.41. The minimum absolute atomic E-state index is 0.0356. The molecule has 0 saturated carbocycles. The number of amides is 1. The Morgan fingerprint density at radius 2 is 2.04 bits per heavy atom. The number of hydrogen-bond donors (Lipinski definition) is 1. The number of likely N-dealkylation sites (tertiary alicyclic amines) is 1. The lowest BCUT2D eigenvalue weighted by atomic mass is 10.00. The summed E-state index contributed by atoms with van der Waals surface area (Å²) in [6, 6.07) is -0.149. The minimum Gasteiger partial charge on any atom is -0.350 e. The predicted octanol–water partition coefficient (Wildman–Crippen LogP) is 0.948. The maximum absolute atomic E-state index is 12.4. The van der Waals surface area contributed by atoms with Crippen molar-refractivity contribution in [2.24, 2.45) is 5.92 Å². The predicted molar refractivity (Wildman–Crippen MR) is 87.0 cm³/mol. The van der Waals surface area contributed by atoms with E-state index in [1.807, 2.05) is 4.90 Å². The Morgan fingerprint density at radius 1 is 1.30 bits per heavy atom. The fourth-order valence-electron chi connectivity index (χ4n) is 3.16. The molecule has 23 heavy (non-hydrogen) atoms. The van der Waals surface area contributed by atoms with E-state index in [-0.39, 0.29) is 23.5 Å². The van der Waals surface area contributed by atoms with Gasteiger partial charge in [-0.3, -0.25) is 4.79 Å². The molecular weight excluding hydrogens is 316 g/mol. The zero-order chi connectivity index (χ0) is 16.4. The molecule has 3 rings (SSSR count). The summed E-state index contributed by atoms with van der Waals surface area (Å²) in [5.74, 6) is 1.18. The van der Waals surface area contributed by atoms with E-state index in [0.29, 0.717) is 23.9 Å². The summed E-state index contributed by atoms with van der Waals surface area (Å²) in [6.45, 7) is 3.71. The fourth-order valence-corrected chi connectivity index (χ4v) is 4.83. The molecule has 2 fully saturated rings. The lowest BCUT2D eigenvalue weighted by Gasteiger charge is -2.30. The van der Waals surface area contributed by atoms with Gasteiger partial charge in [0.1, 0.15) is 0 Å². The van der Waals surface area contributed by atoms with E-state index < -0.39 is 9.84 Å². The number of anilines is 1. The highest BCUT2D eigenvalue weighted by atomic mass is 32.2. The van der Waals surface area contributed by atoms with Crippen molar-refractivity contribution < 1.29 is 13.2 Å². The number of carbonyl (C=O) groups is 1. The van der Waals surface area contributed by atoms with E-state index in [1.165, 1.54) is 12.4 Å². The Bertz CT molecular complexity index is 674. The van der Waals surface area contributed by atoms with Gasteiger partial charge < -0.3 is 10.2 Å². The monoisotopic (exact) mass is 338 g/mol. The Balaban J connectivity index is 1.61. The second-order valence-corrected chi connectivity index (χ2v) is 8.77. The first-order chi connectivity index (χ1) is 10.9. The zero-order valence-corrected chi connectivity index (χ0v) is 14.1. The van der Waals surface area contributed by atoms with Crippen LogP contribution in [0.5, 0.6) is 0 Å². The molecule has 1 aromatic heterocycles. The normalized spacial score (nSPS) is 26.9. The van der Waals surface area contributed by atoms with Crippen molar-refractivity contribution in [3.8, 4) is 0 Å². The molecule has 1 N–H and O–H groups in total. The molecule has 0 radical (unpaired) electrons. The number of nitrogens with zero attached hydrogens (tertiary/aromatic N) is 3. The smallest absolute Gasteiger partial charge is 0.257 e. The van der Waals surface area contributed by atoms with Crippen molar-refractivity contribution in [1.29, 1.82) is 0 Å². The van der Waals surface area contributed by atoms with Crippen LogP contribution in [0.15, 0.2) is 12.4 Å². The van der Waals surface area contributed by atoms with Gasteiger partial charge in [0.2, 0.25) is 5.95 Å².